The van der Waals surface area contributed by atoms with Gasteiger partial charge in [0.15, 0.2) is 0 Å². The number of rotatable bonds is 4. The highest BCUT2D eigenvalue weighted by Gasteiger charge is 2.23. The molecule has 16 heavy (non-hydrogen) atoms. The number of likely N-dealkylation sites (tertiary alicyclic amines) is 1. The number of aromatic nitrogens is 2. The van der Waals surface area contributed by atoms with Crippen LogP contribution in [0.2, 0.25) is 0 Å². The summed E-state index contributed by atoms with van der Waals surface area (Å²) in [7, 11) is 2.14. The maximum absolute atomic E-state index is 5.67. The summed E-state index contributed by atoms with van der Waals surface area (Å²) in [5.41, 5.74) is 5.45. The molecule has 1 fully saturated rings. The van der Waals surface area contributed by atoms with Crippen LogP contribution >= 0.6 is 0 Å². The molecule has 1 aliphatic rings. The van der Waals surface area contributed by atoms with Crippen LogP contribution in [0.25, 0.3) is 0 Å². The molecule has 5 nitrogen and oxygen atoms in total. The summed E-state index contributed by atoms with van der Waals surface area (Å²) < 4.78 is 5.67. The fraction of sp³-hybridized carbons (Fsp3) is 0.818. The average Bonchev–Trinajstić information content (AvgIpc) is 2.75. The molecule has 0 unspecified atom stereocenters. The topological polar surface area (TPSA) is 68.2 Å². The Balaban J connectivity index is 1.95. The molecule has 0 aliphatic carbocycles. The summed E-state index contributed by atoms with van der Waals surface area (Å²) in [5, 5.41) is 8.21. The Kier molecular flexibility index (Phi) is 3.90. The first-order valence-electron chi connectivity index (χ1n) is 6.00. The minimum atomic E-state index is 0.415. The molecule has 0 amide bonds. The van der Waals surface area contributed by atoms with Gasteiger partial charge < -0.3 is 15.1 Å². The molecule has 2 N–H and O–H groups in total. The van der Waals surface area contributed by atoms with E-state index < -0.39 is 0 Å². The number of hydrogen-bond acceptors (Lipinski definition) is 5. The van der Waals surface area contributed by atoms with Crippen LogP contribution in [0, 0.1) is 0 Å². The molecule has 1 aromatic rings. The molecule has 0 spiro atoms. The van der Waals surface area contributed by atoms with Crippen molar-refractivity contribution in [3.05, 3.63) is 11.8 Å². The van der Waals surface area contributed by atoms with Crippen LogP contribution in [0.15, 0.2) is 4.42 Å². The largest absolute Gasteiger partial charge is 0.425 e. The molecule has 1 saturated heterocycles. The van der Waals surface area contributed by atoms with Crippen LogP contribution in [-0.2, 0) is 6.42 Å². The van der Waals surface area contributed by atoms with Gasteiger partial charge in [0, 0.05) is 13.0 Å². The lowest BCUT2D eigenvalue weighted by Gasteiger charge is -2.27. The van der Waals surface area contributed by atoms with Crippen molar-refractivity contribution < 1.29 is 4.42 Å². The Bertz CT molecular complexity index is 326. The van der Waals surface area contributed by atoms with E-state index in [-0.39, 0.29) is 0 Å². The van der Waals surface area contributed by atoms with E-state index in [2.05, 4.69) is 22.1 Å². The van der Waals surface area contributed by atoms with Gasteiger partial charge in [0.25, 0.3) is 0 Å². The second-order valence-corrected chi connectivity index (χ2v) is 4.53. The second-order valence-electron chi connectivity index (χ2n) is 4.53. The summed E-state index contributed by atoms with van der Waals surface area (Å²) in [6, 6.07) is 0. The third kappa shape index (κ3) is 2.80. The van der Waals surface area contributed by atoms with Crippen LogP contribution in [0.3, 0.4) is 0 Å². The van der Waals surface area contributed by atoms with Gasteiger partial charge in [-0.1, -0.05) is 0 Å². The summed E-state index contributed by atoms with van der Waals surface area (Å²) in [5.74, 6) is 1.95. The maximum atomic E-state index is 5.67. The molecule has 5 heteroatoms. The van der Waals surface area contributed by atoms with Crippen molar-refractivity contribution in [3.8, 4) is 0 Å². The van der Waals surface area contributed by atoms with Crippen molar-refractivity contribution in [2.75, 3.05) is 26.7 Å². The van der Waals surface area contributed by atoms with E-state index >= 15 is 0 Å². The minimum absolute atomic E-state index is 0.415. The quantitative estimate of drug-likeness (QED) is 0.818. The SMILES string of the molecule is CN1CCC[C@H](c2nnc(CCCN)o2)C1. The Morgan fingerprint density at radius 2 is 2.38 bits per heavy atom. The van der Waals surface area contributed by atoms with Crippen LogP contribution in [-0.4, -0.2) is 41.8 Å². The Morgan fingerprint density at radius 1 is 1.50 bits per heavy atom. The molecular weight excluding hydrogens is 204 g/mol. The highest BCUT2D eigenvalue weighted by molar-refractivity contribution is 4.95. The van der Waals surface area contributed by atoms with Crippen molar-refractivity contribution >= 4 is 0 Å². The first-order valence-corrected chi connectivity index (χ1v) is 6.00. The van der Waals surface area contributed by atoms with E-state index in [4.69, 9.17) is 10.2 Å². The van der Waals surface area contributed by atoms with Crippen molar-refractivity contribution in [1.82, 2.24) is 15.1 Å². The van der Waals surface area contributed by atoms with E-state index in [9.17, 15) is 0 Å². The lowest BCUT2D eigenvalue weighted by atomic mass is 9.99. The van der Waals surface area contributed by atoms with E-state index in [1.54, 1.807) is 0 Å². The summed E-state index contributed by atoms with van der Waals surface area (Å²) in [4.78, 5) is 2.32. The normalized spacial score (nSPS) is 22.5. The third-order valence-corrected chi connectivity index (χ3v) is 3.05. The molecule has 2 rings (SSSR count). The van der Waals surface area contributed by atoms with Gasteiger partial charge in [-0.3, -0.25) is 0 Å². The Hall–Kier alpha value is -0.940. The standard InChI is InChI=1S/C11H20N4O/c1-15-7-3-4-9(8-15)11-14-13-10(16-11)5-2-6-12/h9H,2-8,12H2,1H3/t9-/m0/s1. The molecule has 90 valence electrons. The smallest absolute Gasteiger partial charge is 0.220 e. The van der Waals surface area contributed by atoms with E-state index in [0.29, 0.717) is 12.5 Å². The molecule has 0 radical (unpaired) electrons. The van der Waals surface area contributed by atoms with Crippen LogP contribution < -0.4 is 5.73 Å². The molecule has 1 atom stereocenters. The number of hydrogen-bond donors (Lipinski definition) is 1. The fourth-order valence-electron chi connectivity index (χ4n) is 2.15. The highest BCUT2D eigenvalue weighted by atomic mass is 16.4. The van der Waals surface area contributed by atoms with E-state index in [0.717, 1.165) is 37.6 Å². The van der Waals surface area contributed by atoms with Crippen molar-refractivity contribution in [1.29, 1.82) is 0 Å². The number of nitrogens with zero attached hydrogens (tertiary/aromatic N) is 3. The van der Waals surface area contributed by atoms with Gasteiger partial charge in [0.05, 0.1) is 5.92 Å². The predicted molar refractivity (Wildman–Crippen MR) is 61.1 cm³/mol. The number of piperidine rings is 1. The molecule has 0 bridgehead atoms. The first kappa shape index (κ1) is 11.5. The van der Waals surface area contributed by atoms with Gasteiger partial charge in [-0.2, -0.15) is 0 Å². The van der Waals surface area contributed by atoms with Gasteiger partial charge in [-0.05, 0) is 39.4 Å². The zero-order valence-electron chi connectivity index (χ0n) is 9.85. The van der Waals surface area contributed by atoms with Crippen LogP contribution in [0.4, 0.5) is 0 Å². The predicted octanol–water partition coefficient (Wildman–Crippen LogP) is 0.770. The number of likely N-dealkylation sites (N-methyl/N-ethyl adjacent to an activating group) is 1. The average molecular weight is 224 g/mol. The molecule has 0 aromatic carbocycles. The molecule has 1 aliphatic heterocycles. The maximum Gasteiger partial charge on any atom is 0.220 e. The van der Waals surface area contributed by atoms with Crippen LogP contribution in [0.5, 0.6) is 0 Å². The van der Waals surface area contributed by atoms with Gasteiger partial charge >= 0.3 is 0 Å². The molecular formula is C11H20N4O. The summed E-state index contributed by atoms with van der Waals surface area (Å²) in [6.45, 7) is 2.87. The molecule has 2 heterocycles. The number of nitrogens with two attached hydrogens (primary N) is 1. The van der Waals surface area contributed by atoms with Crippen molar-refractivity contribution in [2.45, 2.75) is 31.6 Å². The highest BCUT2D eigenvalue weighted by Crippen LogP contribution is 2.25. The third-order valence-electron chi connectivity index (χ3n) is 3.05. The summed E-state index contributed by atoms with van der Waals surface area (Å²) in [6.07, 6.45) is 4.07. The number of aryl methyl sites for hydroxylation is 1. The van der Waals surface area contributed by atoms with Gasteiger partial charge in [0.1, 0.15) is 0 Å². The monoisotopic (exact) mass is 224 g/mol. The second kappa shape index (κ2) is 5.41. The molecule has 1 aromatic heterocycles. The zero-order valence-corrected chi connectivity index (χ0v) is 9.85. The lowest BCUT2D eigenvalue weighted by molar-refractivity contribution is 0.228. The lowest BCUT2D eigenvalue weighted by Crippen LogP contribution is -2.30. The van der Waals surface area contributed by atoms with Gasteiger partial charge in [-0.25, -0.2) is 0 Å². The summed E-state index contributed by atoms with van der Waals surface area (Å²) >= 11 is 0. The first-order chi connectivity index (χ1) is 7.79. The van der Waals surface area contributed by atoms with E-state index in [1.165, 1.54) is 13.0 Å². The van der Waals surface area contributed by atoms with Crippen molar-refractivity contribution in [2.24, 2.45) is 5.73 Å². The Labute approximate surface area is 96.0 Å². The van der Waals surface area contributed by atoms with Gasteiger partial charge in [-0.15, -0.1) is 10.2 Å². The minimum Gasteiger partial charge on any atom is -0.425 e. The fourth-order valence-corrected chi connectivity index (χ4v) is 2.15. The molecule has 0 saturated carbocycles. The van der Waals surface area contributed by atoms with E-state index in [1.807, 2.05) is 0 Å². The zero-order chi connectivity index (χ0) is 11.4. The van der Waals surface area contributed by atoms with Gasteiger partial charge in [0.2, 0.25) is 11.8 Å². The van der Waals surface area contributed by atoms with Crippen LogP contribution in [0.1, 0.15) is 37.0 Å². The van der Waals surface area contributed by atoms with Crippen molar-refractivity contribution in [3.63, 3.8) is 0 Å². The Morgan fingerprint density at radius 3 is 3.12 bits per heavy atom.